The third-order valence-corrected chi connectivity index (χ3v) is 3.57. The molecule has 0 spiro atoms. The summed E-state index contributed by atoms with van der Waals surface area (Å²) in [5.41, 5.74) is 2.48. The van der Waals surface area contributed by atoms with Gasteiger partial charge in [-0.1, -0.05) is 25.3 Å². The van der Waals surface area contributed by atoms with Crippen LogP contribution >= 0.6 is 0 Å². The Bertz CT molecular complexity index is 316. The molecule has 1 aromatic rings. The molecule has 1 saturated carbocycles. The van der Waals surface area contributed by atoms with Crippen molar-refractivity contribution in [2.75, 3.05) is 6.54 Å². The van der Waals surface area contributed by atoms with Gasteiger partial charge in [0, 0.05) is 12.7 Å². The lowest BCUT2D eigenvalue weighted by molar-refractivity contribution is 0.341. The molecule has 1 fully saturated rings. The first-order valence-electron chi connectivity index (χ1n) is 6.47. The van der Waals surface area contributed by atoms with Crippen LogP contribution in [0.5, 0.6) is 0 Å². The lowest BCUT2D eigenvalue weighted by Gasteiger charge is -2.21. The molecular weight excluding hydrogens is 196 g/mol. The Hall–Kier alpha value is -0.890. The fourth-order valence-corrected chi connectivity index (χ4v) is 2.49. The van der Waals surface area contributed by atoms with Crippen molar-refractivity contribution < 1.29 is 0 Å². The summed E-state index contributed by atoms with van der Waals surface area (Å²) in [6, 6.07) is 4.13. The van der Waals surface area contributed by atoms with Crippen molar-refractivity contribution in [1.82, 2.24) is 10.3 Å². The van der Waals surface area contributed by atoms with Crippen LogP contribution in [0, 0.1) is 12.8 Å². The number of aryl methyl sites for hydroxylation is 1. The third-order valence-electron chi connectivity index (χ3n) is 3.57. The van der Waals surface area contributed by atoms with Crippen molar-refractivity contribution in [3.05, 3.63) is 29.6 Å². The topological polar surface area (TPSA) is 24.9 Å². The van der Waals surface area contributed by atoms with E-state index in [0.29, 0.717) is 0 Å². The minimum Gasteiger partial charge on any atom is -0.311 e. The van der Waals surface area contributed by atoms with Crippen LogP contribution < -0.4 is 5.32 Å². The van der Waals surface area contributed by atoms with Gasteiger partial charge in [0.1, 0.15) is 0 Å². The van der Waals surface area contributed by atoms with Gasteiger partial charge in [-0.15, -0.1) is 0 Å². The minimum atomic E-state index is 0.901. The zero-order valence-electron chi connectivity index (χ0n) is 10.2. The number of hydrogen-bond donors (Lipinski definition) is 1. The van der Waals surface area contributed by atoms with E-state index in [1.54, 1.807) is 0 Å². The van der Waals surface area contributed by atoms with Crippen LogP contribution in [0.4, 0.5) is 0 Å². The first-order valence-corrected chi connectivity index (χ1v) is 6.47. The van der Waals surface area contributed by atoms with Gasteiger partial charge in [0.05, 0.1) is 5.69 Å². The normalized spacial score (nSPS) is 17.6. The summed E-state index contributed by atoms with van der Waals surface area (Å²) in [4.78, 5) is 4.40. The van der Waals surface area contributed by atoms with E-state index in [1.807, 2.05) is 12.3 Å². The number of rotatable bonds is 4. The van der Waals surface area contributed by atoms with Crippen LogP contribution in [-0.4, -0.2) is 11.5 Å². The van der Waals surface area contributed by atoms with E-state index in [4.69, 9.17) is 0 Å². The zero-order valence-corrected chi connectivity index (χ0v) is 10.2. The van der Waals surface area contributed by atoms with E-state index in [0.717, 1.165) is 19.0 Å². The van der Waals surface area contributed by atoms with Crippen LogP contribution in [-0.2, 0) is 6.54 Å². The molecule has 1 aliphatic carbocycles. The van der Waals surface area contributed by atoms with Crippen LogP contribution in [0.3, 0.4) is 0 Å². The van der Waals surface area contributed by atoms with Gasteiger partial charge < -0.3 is 5.32 Å². The average Bonchev–Trinajstić information content (AvgIpc) is 2.33. The van der Waals surface area contributed by atoms with Crippen LogP contribution in [0.25, 0.3) is 0 Å². The summed E-state index contributed by atoms with van der Waals surface area (Å²) in [6.45, 7) is 4.21. The van der Waals surface area contributed by atoms with Crippen LogP contribution in [0.15, 0.2) is 18.3 Å². The summed E-state index contributed by atoms with van der Waals surface area (Å²) in [7, 11) is 0. The number of pyridine rings is 1. The zero-order chi connectivity index (χ0) is 11.2. The molecule has 0 aromatic carbocycles. The molecule has 88 valence electrons. The summed E-state index contributed by atoms with van der Waals surface area (Å²) >= 11 is 0. The van der Waals surface area contributed by atoms with E-state index in [2.05, 4.69) is 23.3 Å². The maximum Gasteiger partial charge on any atom is 0.0570 e. The number of hydrogen-bond acceptors (Lipinski definition) is 2. The Morgan fingerprint density at radius 1 is 1.31 bits per heavy atom. The first kappa shape index (κ1) is 11.6. The van der Waals surface area contributed by atoms with Gasteiger partial charge in [0.25, 0.3) is 0 Å². The standard InChI is InChI=1S/C14H22N2/c1-12-6-5-9-16-14(12)11-15-10-13-7-3-2-4-8-13/h5-6,9,13,15H,2-4,7-8,10-11H2,1H3. The number of aromatic nitrogens is 1. The fraction of sp³-hybridized carbons (Fsp3) is 0.643. The Morgan fingerprint density at radius 3 is 2.88 bits per heavy atom. The van der Waals surface area contributed by atoms with E-state index in [-0.39, 0.29) is 0 Å². The molecule has 1 aliphatic rings. The second-order valence-electron chi connectivity index (χ2n) is 4.90. The van der Waals surface area contributed by atoms with Crippen molar-refractivity contribution in [3.8, 4) is 0 Å². The molecule has 0 atom stereocenters. The van der Waals surface area contributed by atoms with E-state index in [9.17, 15) is 0 Å². The van der Waals surface area contributed by atoms with E-state index >= 15 is 0 Å². The summed E-state index contributed by atoms with van der Waals surface area (Å²) in [6.07, 6.45) is 8.99. The Balaban J connectivity index is 1.73. The quantitative estimate of drug-likeness (QED) is 0.840. The molecule has 0 aliphatic heterocycles. The van der Waals surface area contributed by atoms with Gasteiger partial charge in [0.15, 0.2) is 0 Å². The number of nitrogens with zero attached hydrogens (tertiary/aromatic N) is 1. The highest BCUT2D eigenvalue weighted by Crippen LogP contribution is 2.22. The van der Waals surface area contributed by atoms with Crippen molar-refractivity contribution in [2.45, 2.75) is 45.6 Å². The molecule has 0 radical (unpaired) electrons. The van der Waals surface area contributed by atoms with Crippen molar-refractivity contribution in [3.63, 3.8) is 0 Å². The average molecular weight is 218 g/mol. The molecule has 0 saturated heterocycles. The summed E-state index contributed by atoms with van der Waals surface area (Å²) < 4.78 is 0. The van der Waals surface area contributed by atoms with Crippen molar-refractivity contribution >= 4 is 0 Å². The molecule has 16 heavy (non-hydrogen) atoms. The van der Waals surface area contributed by atoms with Crippen LogP contribution in [0.2, 0.25) is 0 Å². The minimum absolute atomic E-state index is 0.901. The largest absolute Gasteiger partial charge is 0.311 e. The van der Waals surface area contributed by atoms with Gasteiger partial charge in [-0.05, 0) is 43.9 Å². The molecule has 2 rings (SSSR count). The second-order valence-corrected chi connectivity index (χ2v) is 4.90. The molecule has 0 unspecified atom stereocenters. The second kappa shape index (κ2) is 6.00. The van der Waals surface area contributed by atoms with Gasteiger partial charge in [0.2, 0.25) is 0 Å². The van der Waals surface area contributed by atoms with Gasteiger partial charge >= 0.3 is 0 Å². The first-order chi connectivity index (χ1) is 7.86. The molecular formula is C14H22N2. The Kier molecular flexibility index (Phi) is 4.34. The SMILES string of the molecule is Cc1cccnc1CNCC1CCCCC1. The predicted octanol–water partition coefficient (Wildman–Crippen LogP) is 3.06. The van der Waals surface area contributed by atoms with Crippen molar-refractivity contribution in [2.24, 2.45) is 5.92 Å². The summed E-state index contributed by atoms with van der Waals surface area (Å²) in [5.74, 6) is 0.901. The molecule has 1 N–H and O–H groups in total. The van der Waals surface area contributed by atoms with Gasteiger partial charge in [-0.2, -0.15) is 0 Å². The lowest BCUT2D eigenvalue weighted by Crippen LogP contribution is -2.24. The number of nitrogens with one attached hydrogen (secondary N) is 1. The predicted molar refractivity (Wildman–Crippen MR) is 67.3 cm³/mol. The van der Waals surface area contributed by atoms with Crippen molar-refractivity contribution in [1.29, 1.82) is 0 Å². The van der Waals surface area contributed by atoms with Crippen LogP contribution in [0.1, 0.15) is 43.4 Å². The maximum atomic E-state index is 4.40. The highest BCUT2D eigenvalue weighted by atomic mass is 14.9. The molecule has 1 aromatic heterocycles. The van der Waals surface area contributed by atoms with Gasteiger partial charge in [-0.25, -0.2) is 0 Å². The fourth-order valence-electron chi connectivity index (χ4n) is 2.49. The molecule has 2 heteroatoms. The maximum absolute atomic E-state index is 4.40. The van der Waals surface area contributed by atoms with E-state index in [1.165, 1.54) is 43.4 Å². The lowest BCUT2D eigenvalue weighted by atomic mass is 9.89. The smallest absolute Gasteiger partial charge is 0.0570 e. The Labute approximate surface area is 98.5 Å². The van der Waals surface area contributed by atoms with E-state index < -0.39 is 0 Å². The molecule has 0 amide bonds. The highest BCUT2D eigenvalue weighted by Gasteiger charge is 2.12. The molecule has 2 nitrogen and oxygen atoms in total. The Morgan fingerprint density at radius 2 is 2.12 bits per heavy atom. The summed E-state index contributed by atoms with van der Waals surface area (Å²) in [5, 5.41) is 3.55. The van der Waals surface area contributed by atoms with Gasteiger partial charge in [-0.3, -0.25) is 4.98 Å². The third kappa shape index (κ3) is 3.31. The molecule has 1 heterocycles. The monoisotopic (exact) mass is 218 g/mol. The highest BCUT2D eigenvalue weighted by molar-refractivity contribution is 5.17. The molecule has 0 bridgehead atoms.